The number of aromatic nitrogens is 2. The van der Waals surface area contributed by atoms with Crippen LogP contribution in [0.1, 0.15) is 19.5 Å². The maximum absolute atomic E-state index is 11.6. The molecule has 8 heteroatoms. The van der Waals surface area contributed by atoms with Crippen molar-refractivity contribution >= 4 is 21.5 Å². The molecule has 2 aromatic heterocycles. The molecular formula is C13H18N4O2S2. The van der Waals surface area contributed by atoms with E-state index in [9.17, 15) is 8.42 Å². The third-order valence-electron chi connectivity index (χ3n) is 2.54. The summed E-state index contributed by atoms with van der Waals surface area (Å²) in [6.07, 6.45) is 4.00. The van der Waals surface area contributed by atoms with Crippen molar-refractivity contribution in [1.82, 2.24) is 19.4 Å². The quantitative estimate of drug-likeness (QED) is 0.809. The summed E-state index contributed by atoms with van der Waals surface area (Å²) in [5.41, 5.74) is 1.89. The van der Waals surface area contributed by atoms with Gasteiger partial charge in [-0.05, 0) is 26.0 Å². The predicted molar refractivity (Wildman–Crippen MR) is 84.2 cm³/mol. The highest BCUT2D eigenvalue weighted by atomic mass is 32.2. The van der Waals surface area contributed by atoms with Crippen LogP contribution < -0.4 is 9.44 Å². The Morgan fingerprint density at radius 3 is 2.67 bits per heavy atom. The lowest BCUT2D eigenvalue weighted by molar-refractivity contribution is 0.555. The fourth-order valence-electron chi connectivity index (χ4n) is 1.71. The van der Waals surface area contributed by atoms with Crippen LogP contribution in [0.3, 0.4) is 0 Å². The van der Waals surface area contributed by atoms with Crippen molar-refractivity contribution in [3.8, 4) is 10.6 Å². The average Bonchev–Trinajstić information content (AvgIpc) is 2.87. The summed E-state index contributed by atoms with van der Waals surface area (Å²) in [6, 6.07) is 3.68. The molecule has 0 aliphatic rings. The van der Waals surface area contributed by atoms with Gasteiger partial charge in [0, 0.05) is 42.3 Å². The highest BCUT2D eigenvalue weighted by Gasteiger charge is 2.11. The summed E-state index contributed by atoms with van der Waals surface area (Å²) in [7, 11) is -3.43. The zero-order valence-corrected chi connectivity index (χ0v) is 13.5. The van der Waals surface area contributed by atoms with Gasteiger partial charge in [-0.25, -0.2) is 9.71 Å². The lowest BCUT2D eigenvalue weighted by atomic mass is 10.3. The van der Waals surface area contributed by atoms with E-state index >= 15 is 0 Å². The molecule has 0 saturated heterocycles. The summed E-state index contributed by atoms with van der Waals surface area (Å²) >= 11 is 1.54. The molecule has 6 nitrogen and oxygen atoms in total. The minimum Gasteiger partial charge on any atom is -0.265 e. The molecule has 0 aliphatic carbocycles. The minimum atomic E-state index is -3.43. The number of nitrogens with one attached hydrogen (secondary N) is 2. The van der Waals surface area contributed by atoms with E-state index in [4.69, 9.17) is 0 Å². The molecule has 0 spiro atoms. The van der Waals surface area contributed by atoms with Crippen LogP contribution in [0.5, 0.6) is 0 Å². The van der Waals surface area contributed by atoms with Gasteiger partial charge in [0.15, 0.2) is 0 Å². The van der Waals surface area contributed by atoms with Crippen molar-refractivity contribution in [1.29, 1.82) is 0 Å². The Morgan fingerprint density at radius 1 is 1.29 bits per heavy atom. The van der Waals surface area contributed by atoms with Crippen molar-refractivity contribution in [3.63, 3.8) is 0 Å². The Labute approximate surface area is 128 Å². The van der Waals surface area contributed by atoms with Crippen molar-refractivity contribution in [2.24, 2.45) is 0 Å². The molecule has 21 heavy (non-hydrogen) atoms. The number of hydrogen-bond acceptors (Lipinski definition) is 5. The lowest BCUT2D eigenvalue weighted by Gasteiger charge is -2.09. The molecule has 2 N–H and O–H groups in total. The van der Waals surface area contributed by atoms with Crippen LogP contribution in [0.15, 0.2) is 29.9 Å². The van der Waals surface area contributed by atoms with E-state index < -0.39 is 10.2 Å². The SMILES string of the molecule is CC(C)NS(=O)(=O)NCCc1csc(-c2ccncc2)n1. The summed E-state index contributed by atoms with van der Waals surface area (Å²) in [6.45, 7) is 3.88. The number of nitrogens with zero attached hydrogens (tertiary/aromatic N) is 2. The first-order chi connectivity index (χ1) is 9.96. The number of thiazole rings is 1. The second-order valence-corrected chi connectivity index (χ2v) is 7.19. The molecular weight excluding hydrogens is 308 g/mol. The Balaban J connectivity index is 1.89. The second-order valence-electron chi connectivity index (χ2n) is 4.80. The molecule has 0 radical (unpaired) electrons. The van der Waals surface area contributed by atoms with Gasteiger partial charge in [-0.15, -0.1) is 11.3 Å². The zero-order chi connectivity index (χ0) is 15.3. The molecule has 0 amide bonds. The van der Waals surface area contributed by atoms with E-state index in [0.29, 0.717) is 13.0 Å². The van der Waals surface area contributed by atoms with Crippen molar-refractivity contribution in [2.45, 2.75) is 26.3 Å². The van der Waals surface area contributed by atoms with E-state index in [1.54, 1.807) is 26.2 Å². The Hall–Kier alpha value is -1.35. The van der Waals surface area contributed by atoms with E-state index in [-0.39, 0.29) is 6.04 Å². The van der Waals surface area contributed by atoms with Crippen molar-refractivity contribution in [2.75, 3.05) is 6.54 Å². The van der Waals surface area contributed by atoms with Gasteiger partial charge in [0.05, 0.1) is 5.69 Å². The summed E-state index contributed by atoms with van der Waals surface area (Å²) in [4.78, 5) is 8.47. The van der Waals surface area contributed by atoms with E-state index in [0.717, 1.165) is 16.3 Å². The van der Waals surface area contributed by atoms with Gasteiger partial charge in [-0.3, -0.25) is 4.98 Å². The van der Waals surface area contributed by atoms with Crippen LogP contribution in [-0.2, 0) is 16.6 Å². The molecule has 2 rings (SSSR count). The van der Waals surface area contributed by atoms with Crippen LogP contribution >= 0.6 is 11.3 Å². The standard InChI is InChI=1S/C13H18N4O2S2/c1-10(2)17-21(18,19)15-8-5-12-9-20-13(16-12)11-3-6-14-7-4-11/h3-4,6-7,9-10,15,17H,5,8H2,1-2H3. The van der Waals surface area contributed by atoms with Crippen molar-refractivity contribution in [3.05, 3.63) is 35.6 Å². The molecule has 114 valence electrons. The second kappa shape index (κ2) is 7.08. The van der Waals surface area contributed by atoms with Gasteiger partial charge >= 0.3 is 0 Å². The lowest BCUT2D eigenvalue weighted by Crippen LogP contribution is -2.41. The fraction of sp³-hybridized carbons (Fsp3) is 0.385. The van der Waals surface area contributed by atoms with E-state index in [2.05, 4.69) is 19.4 Å². The Kier molecular flexibility index (Phi) is 5.40. The molecule has 0 aromatic carbocycles. The molecule has 0 saturated carbocycles. The highest BCUT2D eigenvalue weighted by Crippen LogP contribution is 2.22. The smallest absolute Gasteiger partial charge is 0.265 e. The van der Waals surface area contributed by atoms with Gasteiger partial charge in [-0.2, -0.15) is 13.1 Å². The third-order valence-corrected chi connectivity index (χ3v) is 4.85. The molecule has 0 atom stereocenters. The van der Waals surface area contributed by atoms with E-state index in [1.165, 1.54) is 11.3 Å². The highest BCUT2D eigenvalue weighted by molar-refractivity contribution is 7.87. The van der Waals surface area contributed by atoms with Crippen LogP contribution in [0, 0.1) is 0 Å². The molecule has 2 aromatic rings. The molecule has 0 unspecified atom stereocenters. The fourth-order valence-corrected chi connectivity index (χ4v) is 3.65. The van der Waals surface area contributed by atoms with Crippen molar-refractivity contribution < 1.29 is 8.42 Å². The monoisotopic (exact) mass is 326 g/mol. The molecule has 2 heterocycles. The largest absolute Gasteiger partial charge is 0.277 e. The number of hydrogen-bond donors (Lipinski definition) is 2. The van der Waals surface area contributed by atoms with Crippen LogP contribution in [0.2, 0.25) is 0 Å². The van der Waals surface area contributed by atoms with Crippen LogP contribution in [0.25, 0.3) is 10.6 Å². The van der Waals surface area contributed by atoms with Gasteiger partial charge in [0.2, 0.25) is 0 Å². The Bertz CT molecular complexity index is 668. The summed E-state index contributed by atoms with van der Waals surface area (Å²) in [5.74, 6) is 0. The molecule has 0 aliphatic heterocycles. The first kappa shape index (κ1) is 16.0. The predicted octanol–water partition coefficient (Wildman–Crippen LogP) is 1.58. The third kappa shape index (κ3) is 5.16. The summed E-state index contributed by atoms with van der Waals surface area (Å²) in [5, 5.41) is 2.86. The van der Waals surface area contributed by atoms with Gasteiger partial charge in [-0.1, -0.05) is 0 Å². The van der Waals surface area contributed by atoms with Gasteiger partial charge < -0.3 is 0 Å². The topological polar surface area (TPSA) is 84.0 Å². The van der Waals surface area contributed by atoms with Crippen LogP contribution in [-0.4, -0.2) is 31.0 Å². The first-order valence-corrected chi connectivity index (χ1v) is 8.94. The van der Waals surface area contributed by atoms with E-state index in [1.807, 2.05) is 17.5 Å². The van der Waals surface area contributed by atoms with Crippen LogP contribution in [0.4, 0.5) is 0 Å². The maximum atomic E-state index is 11.6. The summed E-state index contributed by atoms with van der Waals surface area (Å²) < 4.78 is 28.2. The number of rotatable bonds is 7. The minimum absolute atomic E-state index is 0.125. The maximum Gasteiger partial charge on any atom is 0.277 e. The molecule has 0 bridgehead atoms. The first-order valence-electron chi connectivity index (χ1n) is 6.58. The van der Waals surface area contributed by atoms with Gasteiger partial charge in [0.1, 0.15) is 5.01 Å². The average molecular weight is 326 g/mol. The normalized spacial score (nSPS) is 12.0. The number of pyridine rings is 1. The Morgan fingerprint density at radius 2 is 2.00 bits per heavy atom. The van der Waals surface area contributed by atoms with Gasteiger partial charge in [0.25, 0.3) is 10.2 Å². The molecule has 0 fully saturated rings. The zero-order valence-electron chi connectivity index (χ0n) is 11.9.